The van der Waals surface area contributed by atoms with Crippen molar-refractivity contribution < 1.29 is 22.7 Å². The van der Waals surface area contributed by atoms with Gasteiger partial charge in [-0.25, -0.2) is 15.0 Å². The van der Waals surface area contributed by atoms with E-state index < -0.39 is 12.2 Å². The highest BCUT2D eigenvalue weighted by Gasteiger charge is 2.33. The Bertz CT molecular complexity index is 1370. The number of ether oxygens (including phenoxy) is 1. The average molecular weight is 483 g/mol. The number of hydrogen-bond acceptors (Lipinski definition) is 7. The summed E-state index contributed by atoms with van der Waals surface area (Å²) in [6.07, 6.45) is 0.0652. The zero-order valence-corrected chi connectivity index (χ0v) is 18.5. The molecule has 0 saturated carbocycles. The van der Waals surface area contributed by atoms with Crippen LogP contribution in [0.1, 0.15) is 34.8 Å². The van der Waals surface area contributed by atoms with Crippen LogP contribution in [-0.4, -0.2) is 44.3 Å². The van der Waals surface area contributed by atoms with Crippen molar-refractivity contribution in [2.75, 3.05) is 23.9 Å². The van der Waals surface area contributed by atoms with Crippen LogP contribution in [0.2, 0.25) is 0 Å². The van der Waals surface area contributed by atoms with Gasteiger partial charge in [0.25, 0.3) is 5.91 Å². The lowest BCUT2D eigenvalue weighted by Crippen LogP contribution is -2.24. The number of halogens is 3. The lowest BCUT2D eigenvalue weighted by atomic mass is 10.0. The minimum absolute atomic E-state index is 0.0382. The molecule has 1 atom stereocenters. The molecule has 0 spiro atoms. The lowest BCUT2D eigenvalue weighted by Gasteiger charge is -2.26. The van der Waals surface area contributed by atoms with Crippen molar-refractivity contribution in [2.24, 2.45) is 0 Å². The third-order valence-corrected chi connectivity index (χ3v) is 5.82. The first-order valence-electron chi connectivity index (χ1n) is 10.8. The van der Waals surface area contributed by atoms with E-state index in [9.17, 15) is 18.0 Å². The number of nitrogens with one attached hydrogen (secondary N) is 1. The summed E-state index contributed by atoms with van der Waals surface area (Å²) >= 11 is 0. The lowest BCUT2D eigenvalue weighted by molar-refractivity contribution is -0.212. The van der Waals surface area contributed by atoms with E-state index in [1.807, 2.05) is 18.2 Å². The Morgan fingerprint density at radius 1 is 1.20 bits per heavy atom. The molecule has 35 heavy (non-hydrogen) atoms. The maximum absolute atomic E-state index is 12.8. The number of hydrogen-bond donors (Lipinski definition) is 1. The Kier molecular flexibility index (Phi) is 5.71. The monoisotopic (exact) mass is 483 g/mol. The van der Waals surface area contributed by atoms with Gasteiger partial charge in [-0.2, -0.15) is 9.78 Å². The molecular weight excluding hydrogens is 463 g/mol. The summed E-state index contributed by atoms with van der Waals surface area (Å²) in [5, 5.41) is 5.72. The molecule has 9 nitrogen and oxygen atoms in total. The van der Waals surface area contributed by atoms with Crippen LogP contribution < -0.4 is 15.0 Å². The van der Waals surface area contributed by atoms with Gasteiger partial charge >= 0.3 is 6.30 Å². The van der Waals surface area contributed by atoms with Crippen LogP contribution in [-0.2, 0) is 6.30 Å². The van der Waals surface area contributed by atoms with E-state index in [1.54, 1.807) is 6.07 Å². The van der Waals surface area contributed by atoms with Gasteiger partial charge in [-0.3, -0.25) is 4.79 Å². The van der Waals surface area contributed by atoms with Crippen molar-refractivity contribution in [1.29, 1.82) is 0 Å². The van der Waals surface area contributed by atoms with Gasteiger partial charge < -0.3 is 15.0 Å². The summed E-state index contributed by atoms with van der Waals surface area (Å²) < 4.78 is 43.7. The van der Waals surface area contributed by atoms with Crippen molar-refractivity contribution in [3.8, 4) is 5.75 Å². The Hall–Kier alpha value is -4.22. The summed E-state index contributed by atoms with van der Waals surface area (Å²) in [6.45, 7) is 0.762. The van der Waals surface area contributed by atoms with Crippen LogP contribution in [0.5, 0.6) is 5.75 Å². The molecular formula is C23H20F3N7O2. The maximum atomic E-state index is 12.8. The van der Waals surface area contributed by atoms with Crippen molar-refractivity contribution in [1.82, 2.24) is 24.7 Å². The van der Waals surface area contributed by atoms with Crippen LogP contribution in [0.25, 0.3) is 11.0 Å². The second-order valence-electron chi connectivity index (χ2n) is 7.96. The Balaban J connectivity index is 1.52. The summed E-state index contributed by atoms with van der Waals surface area (Å²) in [5.74, 6) is 0.0350. The third kappa shape index (κ3) is 4.34. The van der Waals surface area contributed by atoms with Crippen LogP contribution in [0.15, 0.2) is 55.1 Å². The van der Waals surface area contributed by atoms with Crippen LogP contribution in [0.3, 0.4) is 0 Å². The van der Waals surface area contributed by atoms with E-state index in [0.29, 0.717) is 23.0 Å². The number of rotatable bonds is 5. The Labute approximate surface area is 197 Å². The van der Waals surface area contributed by atoms with Crippen molar-refractivity contribution in [2.45, 2.75) is 25.2 Å². The maximum Gasteiger partial charge on any atom is 0.504 e. The topological polar surface area (TPSA) is 98.1 Å². The molecule has 4 aromatic rings. The normalized spacial score (nSPS) is 16.0. The number of carbonyl (C=O) groups is 1. The van der Waals surface area contributed by atoms with E-state index in [-0.39, 0.29) is 27.9 Å². The second-order valence-corrected chi connectivity index (χ2v) is 7.96. The molecule has 1 aliphatic rings. The Morgan fingerprint density at radius 3 is 2.71 bits per heavy atom. The number of aromatic nitrogens is 5. The molecule has 0 aliphatic carbocycles. The molecule has 12 heteroatoms. The number of nitrogens with zero attached hydrogens (tertiary/aromatic N) is 6. The molecule has 0 bridgehead atoms. The first-order chi connectivity index (χ1) is 16.8. The Morgan fingerprint density at radius 2 is 2.00 bits per heavy atom. The minimum Gasteiger partial charge on any atom is -0.493 e. The van der Waals surface area contributed by atoms with Gasteiger partial charge in [0.2, 0.25) is 0 Å². The number of anilines is 2. The zero-order valence-electron chi connectivity index (χ0n) is 18.5. The standard InChI is InChI=1S/C23H20F3N7O2/c1-35-18-10-16-19(30-20(18)31-22(34)15-11-29-33(12-15)23(24,25)26)21(28-13-27-16)32-9-5-8-17(32)14-6-3-2-4-7-14/h2-4,6-7,10-13,17H,5,8-9H2,1H3,(H,30,31,34)/t17-/m0/s1. The number of pyridine rings is 1. The summed E-state index contributed by atoms with van der Waals surface area (Å²) in [5.41, 5.74) is 1.82. The molecule has 0 unspecified atom stereocenters. The summed E-state index contributed by atoms with van der Waals surface area (Å²) in [4.78, 5) is 28.2. The van der Waals surface area contributed by atoms with Crippen molar-refractivity contribution in [3.05, 3.63) is 66.2 Å². The van der Waals surface area contributed by atoms with Crippen molar-refractivity contribution in [3.63, 3.8) is 0 Å². The van der Waals surface area contributed by atoms with Gasteiger partial charge in [-0.1, -0.05) is 30.3 Å². The van der Waals surface area contributed by atoms with E-state index in [1.165, 1.54) is 13.4 Å². The second kappa shape index (κ2) is 8.85. The number of fused-ring (bicyclic) bond motifs is 1. The van der Waals surface area contributed by atoms with Crippen LogP contribution in [0, 0.1) is 0 Å². The highest BCUT2D eigenvalue weighted by atomic mass is 19.4. The first-order valence-corrected chi connectivity index (χ1v) is 10.8. The molecule has 3 aromatic heterocycles. The van der Waals surface area contributed by atoms with Crippen LogP contribution in [0.4, 0.5) is 24.8 Å². The highest BCUT2D eigenvalue weighted by molar-refractivity contribution is 6.05. The van der Waals surface area contributed by atoms with Crippen LogP contribution >= 0.6 is 0 Å². The van der Waals surface area contributed by atoms with Crippen molar-refractivity contribution >= 4 is 28.6 Å². The van der Waals surface area contributed by atoms with Gasteiger partial charge in [0.1, 0.15) is 11.8 Å². The first kappa shape index (κ1) is 22.6. The fraction of sp³-hybridized carbons (Fsp3) is 0.261. The molecule has 4 heterocycles. The highest BCUT2D eigenvalue weighted by Crippen LogP contribution is 2.38. The molecule has 1 aliphatic heterocycles. The molecule has 1 amide bonds. The zero-order chi connectivity index (χ0) is 24.6. The number of amides is 1. The van der Waals surface area contributed by atoms with E-state index in [4.69, 9.17) is 4.74 Å². The molecule has 5 rings (SSSR count). The van der Waals surface area contributed by atoms with E-state index in [0.717, 1.165) is 31.1 Å². The molecule has 1 saturated heterocycles. The van der Waals surface area contributed by atoms with Gasteiger partial charge in [0.05, 0.1) is 30.4 Å². The molecule has 180 valence electrons. The van der Waals surface area contributed by atoms with E-state index >= 15 is 0 Å². The predicted molar refractivity (Wildman–Crippen MR) is 121 cm³/mol. The van der Waals surface area contributed by atoms with Gasteiger partial charge in [0.15, 0.2) is 17.4 Å². The number of carbonyl (C=O) groups excluding carboxylic acids is 1. The quantitative estimate of drug-likeness (QED) is 0.452. The SMILES string of the molecule is COc1cc2ncnc(N3CCC[C@H]3c3ccccc3)c2nc1NC(=O)c1cnn(C(F)(F)F)c1. The molecule has 1 aromatic carbocycles. The number of alkyl halides is 3. The number of benzene rings is 1. The van der Waals surface area contributed by atoms with Gasteiger partial charge in [-0.05, 0) is 18.4 Å². The largest absolute Gasteiger partial charge is 0.504 e. The summed E-state index contributed by atoms with van der Waals surface area (Å²) in [7, 11) is 1.40. The average Bonchev–Trinajstić information content (AvgIpc) is 3.54. The molecule has 0 radical (unpaired) electrons. The smallest absolute Gasteiger partial charge is 0.493 e. The number of methoxy groups -OCH3 is 1. The van der Waals surface area contributed by atoms with Gasteiger partial charge in [-0.15, -0.1) is 13.2 Å². The minimum atomic E-state index is -4.73. The molecule has 1 fully saturated rings. The fourth-order valence-electron chi connectivity index (χ4n) is 4.21. The van der Waals surface area contributed by atoms with Gasteiger partial charge in [0, 0.05) is 18.8 Å². The van der Waals surface area contributed by atoms with E-state index in [2.05, 4.69) is 42.4 Å². The molecule has 1 N–H and O–H groups in total. The third-order valence-electron chi connectivity index (χ3n) is 5.82. The summed E-state index contributed by atoms with van der Waals surface area (Å²) in [6, 6.07) is 11.8. The fourth-order valence-corrected chi connectivity index (χ4v) is 4.21. The predicted octanol–water partition coefficient (Wildman–Crippen LogP) is 4.30.